The molecule has 2 aromatic heterocycles. The van der Waals surface area contributed by atoms with Crippen LogP contribution in [0, 0.1) is 32.6 Å². The first-order valence-electron chi connectivity index (χ1n) is 9.69. The number of carbonyl (C=O) groups is 1. The molecule has 8 nitrogen and oxygen atoms in total. The van der Waals surface area contributed by atoms with Crippen molar-refractivity contribution in [2.75, 3.05) is 6.54 Å². The Hall–Kier alpha value is -3.32. The molecule has 3 aromatic rings. The van der Waals surface area contributed by atoms with Crippen LogP contribution in [-0.2, 0) is 4.79 Å². The Morgan fingerprint density at radius 2 is 1.97 bits per heavy atom. The maximum atomic E-state index is 11.6. The molecule has 3 N–H and O–H groups in total. The molecule has 31 heavy (non-hydrogen) atoms. The molecule has 1 atom stereocenters. The van der Waals surface area contributed by atoms with Crippen LogP contribution < -0.4 is 5.48 Å². The fourth-order valence-corrected chi connectivity index (χ4v) is 4.80. The minimum atomic E-state index is -0.943. The number of rotatable bonds is 4. The van der Waals surface area contributed by atoms with Crippen LogP contribution in [0.1, 0.15) is 51.2 Å². The van der Waals surface area contributed by atoms with Gasteiger partial charge in [0.05, 0.1) is 18.7 Å². The number of hydrogen-bond acceptors (Lipinski definition) is 7. The van der Waals surface area contributed by atoms with E-state index in [-0.39, 0.29) is 13.0 Å². The standard InChI is InChI=1S/C22H21N5O3S/c1-12-13(2)31-22-19(12)20(16-8-6-15(7-9-16)5-4-10-23-30)24-17(11-18(28)29)21-26-25-14(3)27(21)22/h6-9,17,23,30H,10-11H2,1-3H3,(H,28,29). The summed E-state index contributed by atoms with van der Waals surface area (Å²) in [6.45, 7) is 6.16. The zero-order valence-corrected chi connectivity index (χ0v) is 18.1. The monoisotopic (exact) mass is 435 g/mol. The number of nitrogens with zero attached hydrogens (tertiary/aromatic N) is 4. The Morgan fingerprint density at radius 1 is 1.23 bits per heavy atom. The molecule has 0 bridgehead atoms. The van der Waals surface area contributed by atoms with Gasteiger partial charge in [0.15, 0.2) is 5.82 Å². The molecular weight excluding hydrogens is 414 g/mol. The predicted molar refractivity (Wildman–Crippen MR) is 117 cm³/mol. The second kappa shape index (κ2) is 8.43. The van der Waals surface area contributed by atoms with Crippen molar-refractivity contribution in [1.29, 1.82) is 0 Å². The van der Waals surface area contributed by atoms with Gasteiger partial charge in [-0.05, 0) is 38.5 Å². The van der Waals surface area contributed by atoms with Gasteiger partial charge < -0.3 is 10.3 Å². The maximum Gasteiger partial charge on any atom is 0.306 e. The smallest absolute Gasteiger partial charge is 0.306 e. The topological polar surface area (TPSA) is 113 Å². The molecule has 0 radical (unpaired) electrons. The van der Waals surface area contributed by atoms with E-state index in [9.17, 15) is 9.90 Å². The summed E-state index contributed by atoms with van der Waals surface area (Å²) in [5.74, 6) is 6.07. The Morgan fingerprint density at radius 3 is 2.65 bits per heavy atom. The number of nitrogens with one attached hydrogen (secondary N) is 1. The minimum Gasteiger partial charge on any atom is -0.481 e. The number of thiophene rings is 1. The van der Waals surface area contributed by atoms with Gasteiger partial charge in [-0.2, -0.15) is 5.48 Å². The molecule has 9 heteroatoms. The summed E-state index contributed by atoms with van der Waals surface area (Å²) in [7, 11) is 0. The van der Waals surface area contributed by atoms with E-state index in [4.69, 9.17) is 10.2 Å². The summed E-state index contributed by atoms with van der Waals surface area (Å²) in [5.41, 5.74) is 6.51. The SMILES string of the molecule is Cc1sc2c(c1C)C(c1ccc(C#CCNO)cc1)=NC(CC(=O)O)c1nnc(C)n1-2. The summed E-state index contributed by atoms with van der Waals surface area (Å²) in [6, 6.07) is 6.99. The van der Waals surface area contributed by atoms with Crippen LogP contribution in [0.15, 0.2) is 29.3 Å². The molecule has 1 aliphatic rings. The van der Waals surface area contributed by atoms with Crippen LogP contribution in [-0.4, -0.2) is 43.3 Å². The van der Waals surface area contributed by atoms with Crippen LogP contribution in [0.5, 0.6) is 0 Å². The molecule has 3 heterocycles. The lowest BCUT2D eigenvalue weighted by Gasteiger charge is -2.10. The quantitative estimate of drug-likeness (QED) is 0.429. The number of hydrogen-bond donors (Lipinski definition) is 3. The van der Waals surface area contributed by atoms with Gasteiger partial charge in [0.1, 0.15) is 16.9 Å². The summed E-state index contributed by atoms with van der Waals surface area (Å²) >= 11 is 1.63. The number of aromatic nitrogens is 3. The van der Waals surface area contributed by atoms with E-state index in [1.807, 2.05) is 41.2 Å². The van der Waals surface area contributed by atoms with Crippen LogP contribution in [0.3, 0.4) is 0 Å². The molecule has 1 aliphatic heterocycles. The van der Waals surface area contributed by atoms with Crippen molar-refractivity contribution in [2.45, 2.75) is 33.2 Å². The Labute approximate surface area is 183 Å². The number of carboxylic acids is 1. The number of benzene rings is 1. The van der Waals surface area contributed by atoms with Gasteiger partial charge in [0.25, 0.3) is 0 Å². The summed E-state index contributed by atoms with van der Waals surface area (Å²) in [4.78, 5) is 17.6. The molecule has 4 rings (SSSR count). The van der Waals surface area contributed by atoms with E-state index < -0.39 is 12.0 Å². The van der Waals surface area contributed by atoms with Crippen LogP contribution >= 0.6 is 11.3 Å². The van der Waals surface area contributed by atoms with Crippen molar-refractivity contribution in [1.82, 2.24) is 20.2 Å². The highest BCUT2D eigenvalue weighted by Crippen LogP contribution is 2.39. The highest BCUT2D eigenvalue weighted by Gasteiger charge is 2.32. The molecule has 0 saturated heterocycles. The van der Waals surface area contributed by atoms with E-state index >= 15 is 0 Å². The first-order chi connectivity index (χ1) is 14.9. The van der Waals surface area contributed by atoms with E-state index in [1.54, 1.807) is 11.3 Å². The van der Waals surface area contributed by atoms with Gasteiger partial charge in [0.2, 0.25) is 0 Å². The molecule has 158 valence electrons. The lowest BCUT2D eigenvalue weighted by atomic mass is 9.98. The molecule has 0 saturated carbocycles. The average Bonchev–Trinajstić information content (AvgIpc) is 3.21. The fraction of sp³-hybridized carbons (Fsp3) is 0.273. The van der Waals surface area contributed by atoms with Crippen LogP contribution in [0.4, 0.5) is 0 Å². The molecule has 0 aliphatic carbocycles. The third-order valence-corrected chi connectivity index (χ3v) is 6.36. The molecule has 1 aromatic carbocycles. The number of aliphatic carboxylic acids is 1. The van der Waals surface area contributed by atoms with E-state index in [2.05, 4.69) is 35.9 Å². The van der Waals surface area contributed by atoms with E-state index in [0.29, 0.717) is 11.6 Å². The van der Waals surface area contributed by atoms with Gasteiger partial charge in [-0.3, -0.25) is 14.4 Å². The third kappa shape index (κ3) is 3.88. The van der Waals surface area contributed by atoms with Crippen molar-refractivity contribution in [2.24, 2.45) is 4.99 Å². The van der Waals surface area contributed by atoms with Crippen molar-refractivity contribution in [3.05, 3.63) is 63.0 Å². The Kier molecular flexibility index (Phi) is 5.69. The highest BCUT2D eigenvalue weighted by molar-refractivity contribution is 7.15. The lowest BCUT2D eigenvalue weighted by Crippen LogP contribution is -2.10. The minimum absolute atomic E-state index is 0.174. The fourth-order valence-electron chi connectivity index (χ4n) is 3.59. The van der Waals surface area contributed by atoms with E-state index in [0.717, 1.165) is 37.8 Å². The number of carboxylic acid groups (broad SMARTS) is 1. The van der Waals surface area contributed by atoms with Crippen molar-refractivity contribution in [3.8, 4) is 16.8 Å². The number of hydroxylamine groups is 1. The van der Waals surface area contributed by atoms with Gasteiger partial charge in [-0.25, -0.2) is 0 Å². The molecule has 0 amide bonds. The molecule has 1 unspecified atom stereocenters. The zero-order chi connectivity index (χ0) is 22.1. The highest BCUT2D eigenvalue weighted by atomic mass is 32.1. The predicted octanol–water partition coefficient (Wildman–Crippen LogP) is 2.95. The van der Waals surface area contributed by atoms with Crippen molar-refractivity contribution >= 4 is 23.0 Å². The third-order valence-electron chi connectivity index (χ3n) is 5.17. The Bertz CT molecular complexity index is 1240. The average molecular weight is 436 g/mol. The summed E-state index contributed by atoms with van der Waals surface area (Å²) < 4.78 is 1.94. The first kappa shape index (κ1) is 20.9. The van der Waals surface area contributed by atoms with Crippen LogP contribution in [0.25, 0.3) is 5.00 Å². The van der Waals surface area contributed by atoms with Crippen molar-refractivity contribution in [3.63, 3.8) is 0 Å². The second-order valence-corrected chi connectivity index (χ2v) is 8.41. The van der Waals surface area contributed by atoms with Crippen molar-refractivity contribution < 1.29 is 15.1 Å². The lowest BCUT2D eigenvalue weighted by molar-refractivity contribution is -0.137. The number of aryl methyl sites for hydroxylation is 2. The summed E-state index contributed by atoms with van der Waals surface area (Å²) in [5, 5.41) is 27.6. The van der Waals surface area contributed by atoms with Gasteiger partial charge in [-0.1, -0.05) is 24.0 Å². The number of fused-ring (bicyclic) bond motifs is 3. The number of aliphatic imine (C=N–C) groups is 1. The van der Waals surface area contributed by atoms with Gasteiger partial charge in [0, 0.05) is 21.6 Å². The normalized spacial score (nSPS) is 14.7. The molecule has 0 fully saturated rings. The summed E-state index contributed by atoms with van der Waals surface area (Å²) in [6.07, 6.45) is -0.174. The second-order valence-electron chi connectivity index (χ2n) is 7.21. The van der Waals surface area contributed by atoms with Crippen LogP contribution in [0.2, 0.25) is 0 Å². The van der Waals surface area contributed by atoms with Gasteiger partial charge in [-0.15, -0.1) is 21.5 Å². The zero-order valence-electron chi connectivity index (χ0n) is 17.3. The Balaban J connectivity index is 1.89. The maximum absolute atomic E-state index is 11.6. The van der Waals surface area contributed by atoms with E-state index in [1.165, 1.54) is 0 Å². The molecular formula is C22H21N5O3S. The molecule has 0 spiro atoms. The van der Waals surface area contributed by atoms with Gasteiger partial charge >= 0.3 is 5.97 Å². The largest absolute Gasteiger partial charge is 0.481 e. The first-order valence-corrected chi connectivity index (χ1v) is 10.5.